The maximum Gasteiger partial charge on any atom is 0.0429 e. The third-order valence-electron chi connectivity index (χ3n) is 2.21. The summed E-state index contributed by atoms with van der Waals surface area (Å²) in [5.74, 6) is 0. The predicted molar refractivity (Wildman–Crippen MR) is 56.8 cm³/mol. The standard InChI is InChI=1S/C9H18BrCl/c1-5-8(3,10)7-9(4,11)6-2/h5-7H2,1-4H3. The summed E-state index contributed by atoms with van der Waals surface area (Å²) in [7, 11) is 0. The fourth-order valence-corrected chi connectivity index (χ4v) is 2.09. The first-order valence-electron chi connectivity index (χ1n) is 4.21. The predicted octanol–water partition coefficient (Wildman–Crippen LogP) is 4.35. The Morgan fingerprint density at radius 2 is 1.64 bits per heavy atom. The first-order valence-corrected chi connectivity index (χ1v) is 5.38. The van der Waals surface area contributed by atoms with Crippen molar-refractivity contribution in [2.75, 3.05) is 0 Å². The van der Waals surface area contributed by atoms with E-state index in [2.05, 4.69) is 43.6 Å². The monoisotopic (exact) mass is 240 g/mol. The largest absolute Gasteiger partial charge is 0.120 e. The topological polar surface area (TPSA) is 0 Å². The molecule has 0 aromatic carbocycles. The van der Waals surface area contributed by atoms with Gasteiger partial charge >= 0.3 is 0 Å². The number of hydrogen-bond donors (Lipinski definition) is 0. The number of halogens is 2. The van der Waals surface area contributed by atoms with Crippen molar-refractivity contribution in [2.45, 2.75) is 56.2 Å². The van der Waals surface area contributed by atoms with Crippen LogP contribution in [0.15, 0.2) is 0 Å². The van der Waals surface area contributed by atoms with E-state index in [1.165, 1.54) is 0 Å². The van der Waals surface area contributed by atoms with Crippen LogP contribution in [-0.4, -0.2) is 9.20 Å². The van der Waals surface area contributed by atoms with E-state index in [1.54, 1.807) is 0 Å². The third kappa shape index (κ3) is 5.08. The molecule has 0 aromatic heterocycles. The van der Waals surface area contributed by atoms with Gasteiger partial charge in [0.15, 0.2) is 0 Å². The minimum absolute atomic E-state index is 0.0474. The van der Waals surface area contributed by atoms with Gasteiger partial charge in [0, 0.05) is 9.20 Å². The van der Waals surface area contributed by atoms with E-state index in [0.717, 1.165) is 19.3 Å². The van der Waals surface area contributed by atoms with Gasteiger partial charge in [0.1, 0.15) is 0 Å². The van der Waals surface area contributed by atoms with Crippen molar-refractivity contribution in [1.29, 1.82) is 0 Å². The lowest BCUT2D eigenvalue weighted by atomic mass is 9.93. The molecule has 0 N–H and O–H groups in total. The molecule has 2 unspecified atom stereocenters. The van der Waals surface area contributed by atoms with Crippen molar-refractivity contribution in [3.8, 4) is 0 Å². The molecule has 0 saturated carbocycles. The Morgan fingerprint density at radius 3 is 1.91 bits per heavy atom. The highest BCUT2D eigenvalue weighted by molar-refractivity contribution is 9.10. The second kappa shape index (κ2) is 4.13. The first-order chi connectivity index (χ1) is 4.83. The van der Waals surface area contributed by atoms with Crippen LogP contribution in [0.1, 0.15) is 47.0 Å². The van der Waals surface area contributed by atoms with E-state index in [1.807, 2.05) is 0 Å². The average molecular weight is 242 g/mol. The number of rotatable bonds is 4. The molecule has 0 nitrogen and oxygen atoms in total. The summed E-state index contributed by atoms with van der Waals surface area (Å²) < 4.78 is 0.208. The van der Waals surface area contributed by atoms with Gasteiger partial charge in [-0.25, -0.2) is 0 Å². The molecule has 0 aromatic rings. The van der Waals surface area contributed by atoms with Crippen LogP contribution in [0.5, 0.6) is 0 Å². The Bertz CT molecular complexity index is 105. The Labute approximate surface area is 83.8 Å². The summed E-state index contributed by atoms with van der Waals surface area (Å²) in [5.41, 5.74) is 0. The second-order valence-corrected chi connectivity index (χ2v) is 6.54. The zero-order chi connectivity index (χ0) is 9.12. The molecular formula is C9H18BrCl. The molecule has 2 heteroatoms. The molecule has 68 valence electrons. The van der Waals surface area contributed by atoms with Gasteiger partial charge in [-0.2, -0.15) is 0 Å². The molecule has 2 atom stereocenters. The van der Waals surface area contributed by atoms with Crippen molar-refractivity contribution in [2.24, 2.45) is 0 Å². The fourth-order valence-electron chi connectivity index (χ4n) is 1.02. The van der Waals surface area contributed by atoms with Crippen molar-refractivity contribution in [3.63, 3.8) is 0 Å². The molecule has 0 amide bonds. The van der Waals surface area contributed by atoms with Crippen molar-refractivity contribution in [3.05, 3.63) is 0 Å². The summed E-state index contributed by atoms with van der Waals surface area (Å²) in [6.45, 7) is 8.61. The Hall–Kier alpha value is 0.770. The Morgan fingerprint density at radius 1 is 1.18 bits per heavy atom. The van der Waals surface area contributed by atoms with Crippen LogP contribution in [0, 0.1) is 0 Å². The van der Waals surface area contributed by atoms with Crippen LogP contribution in [0.2, 0.25) is 0 Å². The van der Waals surface area contributed by atoms with Crippen LogP contribution in [0.25, 0.3) is 0 Å². The SMILES string of the molecule is CCC(C)(Cl)CC(C)(Br)CC. The molecule has 0 bridgehead atoms. The first kappa shape index (κ1) is 11.8. The molecule has 0 rings (SSSR count). The molecule has 0 spiro atoms. The smallest absolute Gasteiger partial charge is 0.0429 e. The van der Waals surface area contributed by atoms with Gasteiger partial charge in [-0.1, -0.05) is 29.8 Å². The summed E-state index contributed by atoms with van der Waals surface area (Å²) in [6.07, 6.45) is 3.17. The van der Waals surface area contributed by atoms with Crippen LogP contribution < -0.4 is 0 Å². The van der Waals surface area contributed by atoms with Crippen LogP contribution in [-0.2, 0) is 0 Å². The Kier molecular flexibility index (Phi) is 4.42. The maximum atomic E-state index is 6.25. The quantitative estimate of drug-likeness (QED) is 0.642. The summed E-state index contributed by atoms with van der Waals surface area (Å²) in [5, 5.41) is 0. The van der Waals surface area contributed by atoms with Crippen molar-refractivity contribution >= 4 is 27.5 Å². The van der Waals surface area contributed by atoms with Gasteiger partial charge in [-0.15, -0.1) is 11.6 Å². The van der Waals surface area contributed by atoms with E-state index in [-0.39, 0.29) is 9.20 Å². The normalized spacial score (nSPS) is 22.4. The maximum absolute atomic E-state index is 6.25. The average Bonchev–Trinajstić information content (AvgIpc) is 1.86. The molecule has 0 aliphatic carbocycles. The van der Waals surface area contributed by atoms with E-state index in [9.17, 15) is 0 Å². The second-order valence-electron chi connectivity index (χ2n) is 3.71. The van der Waals surface area contributed by atoms with Crippen molar-refractivity contribution < 1.29 is 0 Å². The molecular weight excluding hydrogens is 223 g/mol. The fraction of sp³-hybridized carbons (Fsp3) is 1.00. The minimum atomic E-state index is -0.0474. The van der Waals surface area contributed by atoms with Crippen LogP contribution >= 0.6 is 27.5 Å². The van der Waals surface area contributed by atoms with E-state index >= 15 is 0 Å². The van der Waals surface area contributed by atoms with Crippen LogP contribution in [0.4, 0.5) is 0 Å². The number of alkyl halides is 2. The summed E-state index contributed by atoms with van der Waals surface area (Å²) in [6, 6.07) is 0. The van der Waals surface area contributed by atoms with E-state index < -0.39 is 0 Å². The Balaban J connectivity index is 4.02. The zero-order valence-electron chi connectivity index (χ0n) is 7.88. The van der Waals surface area contributed by atoms with Gasteiger partial charge in [0.2, 0.25) is 0 Å². The van der Waals surface area contributed by atoms with Gasteiger partial charge in [0.25, 0.3) is 0 Å². The molecule has 0 aliphatic rings. The highest BCUT2D eigenvalue weighted by atomic mass is 79.9. The van der Waals surface area contributed by atoms with Crippen LogP contribution in [0.3, 0.4) is 0 Å². The highest BCUT2D eigenvalue weighted by Crippen LogP contribution is 2.36. The molecule has 0 heterocycles. The molecule has 11 heavy (non-hydrogen) atoms. The van der Waals surface area contributed by atoms with Crippen molar-refractivity contribution in [1.82, 2.24) is 0 Å². The molecule has 0 saturated heterocycles. The number of hydrogen-bond acceptors (Lipinski definition) is 0. The van der Waals surface area contributed by atoms with Gasteiger partial charge in [-0.3, -0.25) is 0 Å². The lowest BCUT2D eigenvalue weighted by molar-refractivity contribution is 0.464. The molecule has 0 fully saturated rings. The summed E-state index contributed by atoms with van der Waals surface area (Å²) >= 11 is 9.93. The molecule has 0 radical (unpaired) electrons. The lowest BCUT2D eigenvalue weighted by Crippen LogP contribution is -2.27. The summed E-state index contributed by atoms with van der Waals surface area (Å²) in [4.78, 5) is -0.0474. The van der Waals surface area contributed by atoms with Gasteiger partial charge < -0.3 is 0 Å². The third-order valence-corrected chi connectivity index (χ3v) is 3.45. The lowest BCUT2D eigenvalue weighted by Gasteiger charge is -2.30. The van der Waals surface area contributed by atoms with Gasteiger partial charge in [-0.05, 0) is 33.1 Å². The van der Waals surface area contributed by atoms with E-state index in [4.69, 9.17) is 11.6 Å². The molecule has 0 aliphatic heterocycles. The minimum Gasteiger partial charge on any atom is -0.120 e. The van der Waals surface area contributed by atoms with E-state index in [0.29, 0.717) is 0 Å². The van der Waals surface area contributed by atoms with Gasteiger partial charge in [0.05, 0.1) is 0 Å². The zero-order valence-corrected chi connectivity index (χ0v) is 10.2. The highest BCUT2D eigenvalue weighted by Gasteiger charge is 2.29.